The fourth-order valence-corrected chi connectivity index (χ4v) is 2.98. The zero-order valence-corrected chi connectivity index (χ0v) is 11.9. The molecule has 2 heterocycles. The lowest BCUT2D eigenvalue weighted by Gasteiger charge is -2.20. The van der Waals surface area contributed by atoms with Crippen LogP contribution in [0, 0.1) is 0 Å². The Morgan fingerprint density at radius 1 is 1.36 bits per heavy atom. The van der Waals surface area contributed by atoms with E-state index in [-0.39, 0.29) is 11.8 Å². The Bertz CT molecular complexity index is 848. The third kappa shape index (κ3) is 1.67. The van der Waals surface area contributed by atoms with E-state index >= 15 is 0 Å². The number of carbonyl (C=O) groups is 1. The lowest BCUT2D eigenvalue weighted by Crippen LogP contribution is -2.19. The van der Waals surface area contributed by atoms with Crippen molar-refractivity contribution in [2.24, 2.45) is 5.10 Å². The SMILES string of the molecule is COc1ccc2c(c1)C=CC1C2=NNC(=O)c2c(N)c[nH]c21. The van der Waals surface area contributed by atoms with Crippen LogP contribution >= 0.6 is 0 Å². The number of fused-ring (bicyclic) bond motifs is 5. The number of allylic oxidation sites excluding steroid dienone is 1. The normalized spacial score (nSPS) is 18.5. The molecule has 1 aromatic carbocycles. The van der Waals surface area contributed by atoms with Gasteiger partial charge in [0.2, 0.25) is 0 Å². The largest absolute Gasteiger partial charge is 0.497 e. The average Bonchev–Trinajstić information content (AvgIpc) is 2.85. The number of aromatic nitrogens is 1. The molecule has 1 amide bonds. The van der Waals surface area contributed by atoms with Gasteiger partial charge in [-0.15, -0.1) is 0 Å². The van der Waals surface area contributed by atoms with Crippen LogP contribution in [0.1, 0.15) is 33.1 Å². The van der Waals surface area contributed by atoms with Crippen LogP contribution < -0.4 is 15.9 Å². The summed E-state index contributed by atoms with van der Waals surface area (Å²) < 4.78 is 5.25. The Balaban J connectivity index is 1.91. The van der Waals surface area contributed by atoms with Gasteiger partial charge in [-0.25, -0.2) is 5.43 Å². The highest BCUT2D eigenvalue weighted by Crippen LogP contribution is 2.36. The lowest BCUT2D eigenvalue weighted by atomic mass is 9.84. The number of methoxy groups -OCH3 is 1. The van der Waals surface area contributed by atoms with Crippen molar-refractivity contribution >= 4 is 23.4 Å². The van der Waals surface area contributed by atoms with Crippen molar-refractivity contribution in [3.63, 3.8) is 0 Å². The molecule has 0 radical (unpaired) electrons. The number of hydrogen-bond acceptors (Lipinski definition) is 4. The summed E-state index contributed by atoms with van der Waals surface area (Å²) in [6, 6.07) is 5.78. The molecule has 1 atom stereocenters. The van der Waals surface area contributed by atoms with E-state index in [1.54, 1.807) is 13.3 Å². The molecule has 0 bridgehead atoms. The maximum absolute atomic E-state index is 12.2. The molecular formula is C16H14N4O2. The molecular weight excluding hydrogens is 280 g/mol. The van der Waals surface area contributed by atoms with Gasteiger partial charge >= 0.3 is 0 Å². The van der Waals surface area contributed by atoms with Gasteiger partial charge in [-0.05, 0) is 23.8 Å². The summed E-state index contributed by atoms with van der Waals surface area (Å²) in [7, 11) is 1.63. The van der Waals surface area contributed by atoms with E-state index in [0.29, 0.717) is 11.3 Å². The number of nitrogens with two attached hydrogens (primary N) is 1. The van der Waals surface area contributed by atoms with Gasteiger partial charge in [0, 0.05) is 17.5 Å². The number of ether oxygens (including phenoxy) is 1. The molecule has 22 heavy (non-hydrogen) atoms. The topological polar surface area (TPSA) is 92.5 Å². The molecule has 0 fully saturated rings. The molecule has 1 aliphatic carbocycles. The first-order chi connectivity index (χ1) is 10.7. The Morgan fingerprint density at radius 2 is 2.23 bits per heavy atom. The molecule has 4 rings (SSSR count). The summed E-state index contributed by atoms with van der Waals surface area (Å²) in [4.78, 5) is 15.3. The molecule has 1 aromatic heterocycles. The number of H-pyrrole nitrogens is 1. The maximum Gasteiger partial charge on any atom is 0.275 e. The highest BCUT2D eigenvalue weighted by molar-refractivity contribution is 6.14. The number of rotatable bonds is 1. The minimum absolute atomic E-state index is 0.132. The number of nitrogens with one attached hydrogen (secondary N) is 2. The summed E-state index contributed by atoms with van der Waals surface area (Å²) in [6.07, 6.45) is 5.67. The predicted molar refractivity (Wildman–Crippen MR) is 84.0 cm³/mol. The summed E-state index contributed by atoms with van der Waals surface area (Å²) in [6.45, 7) is 0. The molecule has 4 N–H and O–H groups in total. The van der Waals surface area contributed by atoms with Crippen molar-refractivity contribution in [3.8, 4) is 5.75 Å². The number of nitrogens with zero attached hydrogens (tertiary/aromatic N) is 1. The monoisotopic (exact) mass is 294 g/mol. The van der Waals surface area contributed by atoms with Gasteiger partial charge in [0.15, 0.2) is 0 Å². The number of aromatic amines is 1. The molecule has 0 saturated heterocycles. The van der Waals surface area contributed by atoms with Crippen molar-refractivity contribution < 1.29 is 9.53 Å². The Hall–Kier alpha value is -3.02. The fourth-order valence-electron chi connectivity index (χ4n) is 2.98. The van der Waals surface area contributed by atoms with Gasteiger partial charge in [-0.3, -0.25) is 4.79 Å². The van der Waals surface area contributed by atoms with Crippen LogP contribution in [0.2, 0.25) is 0 Å². The van der Waals surface area contributed by atoms with Crippen LogP contribution in [0.3, 0.4) is 0 Å². The Labute approximate surface area is 126 Å². The first-order valence-corrected chi connectivity index (χ1v) is 6.90. The highest BCUT2D eigenvalue weighted by Gasteiger charge is 2.32. The van der Waals surface area contributed by atoms with Crippen molar-refractivity contribution in [1.29, 1.82) is 0 Å². The molecule has 2 aromatic rings. The standard InChI is InChI=1S/C16H14N4O2/c1-22-9-3-5-10-8(6-9)2-4-11-14(10)19-20-16(21)13-12(17)7-18-15(11)13/h2-7,11,18H,17H2,1H3,(H,20,21). The van der Waals surface area contributed by atoms with Crippen LogP contribution in [0.4, 0.5) is 5.69 Å². The minimum Gasteiger partial charge on any atom is -0.497 e. The second-order valence-electron chi connectivity index (χ2n) is 5.26. The smallest absolute Gasteiger partial charge is 0.275 e. The second kappa shape index (κ2) is 4.49. The summed E-state index contributed by atoms with van der Waals surface area (Å²) in [5, 5.41) is 4.30. The number of nitrogen functional groups attached to an aromatic ring is 1. The van der Waals surface area contributed by atoms with Crippen molar-refractivity contribution in [2.75, 3.05) is 12.8 Å². The summed E-state index contributed by atoms with van der Waals surface area (Å²) in [5.74, 6) is 0.358. The van der Waals surface area contributed by atoms with E-state index in [1.165, 1.54) is 0 Å². The van der Waals surface area contributed by atoms with E-state index in [9.17, 15) is 4.79 Å². The minimum atomic E-state index is -0.292. The van der Waals surface area contributed by atoms with Gasteiger partial charge < -0.3 is 15.5 Å². The quantitative estimate of drug-likeness (QED) is 0.749. The highest BCUT2D eigenvalue weighted by atomic mass is 16.5. The van der Waals surface area contributed by atoms with Crippen LogP contribution in [0.15, 0.2) is 35.6 Å². The first-order valence-electron chi connectivity index (χ1n) is 6.90. The average molecular weight is 294 g/mol. The molecule has 1 aliphatic heterocycles. The molecule has 6 heteroatoms. The fraction of sp³-hybridized carbons (Fsp3) is 0.125. The summed E-state index contributed by atoms with van der Waals surface area (Å²) >= 11 is 0. The molecule has 1 unspecified atom stereocenters. The summed E-state index contributed by atoms with van der Waals surface area (Å²) in [5.41, 5.74) is 12.9. The molecule has 2 aliphatic rings. The number of amides is 1. The second-order valence-corrected chi connectivity index (χ2v) is 5.26. The van der Waals surface area contributed by atoms with Crippen LogP contribution in [0.5, 0.6) is 5.75 Å². The number of anilines is 1. The number of benzene rings is 1. The third-order valence-electron chi connectivity index (χ3n) is 4.05. The number of carbonyl (C=O) groups excluding carboxylic acids is 1. The van der Waals surface area contributed by atoms with E-state index in [0.717, 1.165) is 28.3 Å². The van der Waals surface area contributed by atoms with Crippen LogP contribution in [0.25, 0.3) is 6.08 Å². The zero-order chi connectivity index (χ0) is 15.3. The number of hydrazone groups is 1. The van der Waals surface area contributed by atoms with Crippen molar-refractivity contribution in [3.05, 3.63) is 52.9 Å². The van der Waals surface area contributed by atoms with Gasteiger partial charge in [-0.2, -0.15) is 5.10 Å². The van der Waals surface area contributed by atoms with E-state index in [4.69, 9.17) is 10.5 Å². The first kappa shape index (κ1) is 12.7. The Kier molecular flexibility index (Phi) is 2.59. The number of hydrogen-bond donors (Lipinski definition) is 3. The van der Waals surface area contributed by atoms with E-state index in [2.05, 4.69) is 15.5 Å². The van der Waals surface area contributed by atoms with Gasteiger partial charge in [-0.1, -0.05) is 12.2 Å². The van der Waals surface area contributed by atoms with E-state index < -0.39 is 0 Å². The van der Waals surface area contributed by atoms with Crippen LogP contribution in [-0.2, 0) is 0 Å². The van der Waals surface area contributed by atoms with Gasteiger partial charge in [0.1, 0.15) is 5.75 Å². The third-order valence-corrected chi connectivity index (χ3v) is 4.05. The van der Waals surface area contributed by atoms with Gasteiger partial charge in [0.25, 0.3) is 5.91 Å². The van der Waals surface area contributed by atoms with E-state index in [1.807, 2.05) is 30.4 Å². The molecule has 0 saturated carbocycles. The van der Waals surface area contributed by atoms with Crippen molar-refractivity contribution in [2.45, 2.75) is 5.92 Å². The predicted octanol–water partition coefficient (Wildman–Crippen LogP) is 1.86. The molecule has 6 nitrogen and oxygen atoms in total. The van der Waals surface area contributed by atoms with Crippen molar-refractivity contribution in [1.82, 2.24) is 10.4 Å². The lowest BCUT2D eigenvalue weighted by molar-refractivity contribution is 0.0956. The zero-order valence-electron chi connectivity index (χ0n) is 11.9. The van der Waals surface area contributed by atoms with Gasteiger partial charge in [0.05, 0.1) is 30.0 Å². The molecule has 0 spiro atoms. The van der Waals surface area contributed by atoms with Crippen LogP contribution in [-0.4, -0.2) is 23.7 Å². The maximum atomic E-state index is 12.2. The Morgan fingerprint density at radius 3 is 3.05 bits per heavy atom. The molecule has 110 valence electrons.